The number of nitrogens with zero attached hydrogens (tertiary/aromatic N) is 1. The Morgan fingerprint density at radius 1 is 1.05 bits per heavy atom. The topological polar surface area (TPSA) is 95.2 Å². The van der Waals surface area contributed by atoms with Crippen molar-refractivity contribution in [2.45, 2.75) is 45.5 Å². The van der Waals surface area contributed by atoms with E-state index in [0.717, 1.165) is 10.9 Å². The monoisotopic (exact) mass is 583 g/mol. The van der Waals surface area contributed by atoms with E-state index in [2.05, 4.69) is 4.40 Å². The van der Waals surface area contributed by atoms with Gasteiger partial charge in [0.1, 0.15) is 30.4 Å². The Balaban J connectivity index is 1.69. The van der Waals surface area contributed by atoms with Crippen LogP contribution in [-0.4, -0.2) is 38.1 Å². The SMILES string of the molecule is CCOC(=O)Cc1ccc(F)cc1OCc1cc(-c2cccc(C(CF)=NS(=O)(=O)C(C)(C)C)c2)c2occc2c1. The summed E-state index contributed by atoms with van der Waals surface area (Å²) in [6, 6.07) is 16.2. The van der Waals surface area contributed by atoms with Crippen molar-refractivity contribution in [1.29, 1.82) is 0 Å². The van der Waals surface area contributed by atoms with Crippen LogP contribution in [0.4, 0.5) is 8.78 Å². The summed E-state index contributed by atoms with van der Waals surface area (Å²) >= 11 is 0. The molecule has 7 nitrogen and oxygen atoms in total. The highest BCUT2D eigenvalue weighted by Crippen LogP contribution is 2.33. The summed E-state index contributed by atoms with van der Waals surface area (Å²) in [7, 11) is -3.96. The number of carbonyl (C=O) groups excluding carboxylic acids is 1. The first-order valence-corrected chi connectivity index (χ1v) is 14.4. The Morgan fingerprint density at radius 2 is 1.83 bits per heavy atom. The molecule has 4 aromatic rings. The maximum Gasteiger partial charge on any atom is 0.310 e. The number of furan rings is 1. The molecule has 41 heavy (non-hydrogen) atoms. The van der Waals surface area contributed by atoms with E-state index in [0.29, 0.717) is 27.8 Å². The number of carbonyl (C=O) groups is 1. The van der Waals surface area contributed by atoms with Gasteiger partial charge in [0.25, 0.3) is 10.0 Å². The van der Waals surface area contributed by atoms with E-state index in [-0.39, 0.29) is 31.1 Å². The lowest BCUT2D eigenvalue weighted by Gasteiger charge is -2.16. The summed E-state index contributed by atoms with van der Waals surface area (Å²) in [4.78, 5) is 12.0. The number of rotatable bonds is 10. The Kier molecular flexibility index (Phi) is 8.92. The maximum absolute atomic E-state index is 14.0. The fraction of sp³-hybridized carbons (Fsp3) is 0.290. The summed E-state index contributed by atoms with van der Waals surface area (Å²) in [6.07, 6.45) is 1.47. The first-order valence-electron chi connectivity index (χ1n) is 13.0. The second-order valence-corrected chi connectivity index (χ2v) is 12.7. The van der Waals surface area contributed by atoms with Crippen molar-refractivity contribution < 1.29 is 35.9 Å². The molecular formula is C31H31F2NO6S. The second-order valence-electron chi connectivity index (χ2n) is 10.3. The maximum atomic E-state index is 14.0. The van der Waals surface area contributed by atoms with Gasteiger partial charge in [-0.2, -0.15) is 4.40 Å². The number of ether oxygens (including phenoxy) is 2. The summed E-state index contributed by atoms with van der Waals surface area (Å²) in [5, 5.41) is 0.771. The van der Waals surface area contributed by atoms with Gasteiger partial charge in [-0.1, -0.05) is 24.3 Å². The molecule has 0 N–H and O–H groups in total. The molecule has 0 aliphatic rings. The van der Waals surface area contributed by atoms with E-state index in [9.17, 15) is 22.0 Å². The first-order chi connectivity index (χ1) is 19.4. The Labute approximate surface area is 237 Å². The van der Waals surface area contributed by atoms with Crippen LogP contribution in [0.3, 0.4) is 0 Å². The number of hydrogen-bond acceptors (Lipinski definition) is 6. The van der Waals surface area contributed by atoms with Gasteiger partial charge < -0.3 is 13.9 Å². The molecule has 4 rings (SSSR count). The van der Waals surface area contributed by atoms with Crippen LogP contribution in [0.5, 0.6) is 5.75 Å². The number of esters is 1. The molecule has 1 heterocycles. The van der Waals surface area contributed by atoms with Crippen molar-refractivity contribution in [3.63, 3.8) is 0 Å². The predicted molar refractivity (Wildman–Crippen MR) is 154 cm³/mol. The van der Waals surface area contributed by atoms with Crippen LogP contribution in [-0.2, 0) is 32.6 Å². The van der Waals surface area contributed by atoms with Crippen molar-refractivity contribution in [1.82, 2.24) is 0 Å². The molecule has 1 aromatic heterocycles. The molecule has 0 aliphatic carbocycles. The molecule has 0 unspecified atom stereocenters. The number of benzene rings is 3. The molecule has 0 spiro atoms. The third kappa shape index (κ3) is 7.00. The summed E-state index contributed by atoms with van der Waals surface area (Å²) < 4.78 is 72.6. The fourth-order valence-electron chi connectivity index (χ4n) is 4.08. The van der Waals surface area contributed by atoms with Crippen LogP contribution in [0.15, 0.2) is 75.7 Å². The molecule has 0 fully saturated rings. The minimum atomic E-state index is -3.96. The lowest BCUT2D eigenvalue weighted by atomic mass is 9.98. The fourth-order valence-corrected chi connectivity index (χ4v) is 4.80. The average Bonchev–Trinajstić information content (AvgIpc) is 3.40. The quantitative estimate of drug-likeness (QED) is 0.150. The molecule has 0 amide bonds. The smallest absolute Gasteiger partial charge is 0.310 e. The Morgan fingerprint density at radius 3 is 2.54 bits per heavy atom. The Hall–Kier alpha value is -4.05. The molecule has 0 atom stereocenters. The van der Waals surface area contributed by atoms with Crippen molar-refractivity contribution in [3.8, 4) is 16.9 Å². The van der Waals surface area contributed by atoms with E-state index in [1.54, 1.807) is 37.3 Å². The molecule has 0 bridgehead atoms. The number of alkyl halides is 1. The van der Waals surface area contributed by atoms with E-state index >= 15 is 0 Å². The van der Waals surface area contributed by atoms with Crippen molar-refractivity contribution >= 4 is 32.7 Å². The highest BCUT2D eigenvalue weighted by molar-refractivity contribution is 7.91. The van der Waals surface area contributed by atoms with Crippen molar-refractivity contribution in [2.24, 2.45) is 4.40 Å². The third-order valence-corrected chi connectivity index (χ3v) is 8.32. The summed E-state index contributed by atoms with van der Waals surface area (Å²) in [6.45, 7) is 5.43. The molecule has 3 aromatic carbocycles. The highest BCUT2D eigenvalue weighted by Gasteiger charge is 2.29. The van der Waals surface area contributed by atoms with Gasteiger partial charge in [0.05, 0.1) is 29.7 Å². The Bertz CT molecular complexity index is 1700. The first kappa shape index (κ1) is 29.9. The van der Waals surface area contributed by atoms with Crippen LogP contribution in [0, 0.1) is 5.82 Å². The number of fused-ring (bicyclic) bond motifs is 1. The molecule has 0 aliphatic heterocycles. The number of halogens is 2. The number of hydrogen-bond donors (Lipinski definition) is 0. The van der Waals surface area contributed by atoms with E-state index in [1.165, 1.54) is 45.2 Å². The zero-order valence-electron chi connectivity index (χ0n) is 23.2. The molecule has 0 saturated heterocycles. The zero-order valence-corrected chi connectivity index (χ0v) is 24.1. The van der Waals surface area contributed by atoms with E-state index in [4.69, 9.17) is 13.9 Å². The molecular weight excluding hydrogens is 552 g/mol. The van der Waals surface area contributed by atoms with Crippen LogP contribution in [0.1, 0.15) is 44.4 Å². The van der Waals surface area contributed by atoms with Gasteiger partial charge in [-0.15, -0.1) is 0 Å². The van der Waals surface area contributed by atoms with Gasteiger partial charge in [0.15, 0.2) is 0 Å². The second kappa shape index (κ2) is 12.2. The van der Waals surface area contributed by atoms with Crippen LogP contribution in [0.2, 0.25) is 0 Å². The zero-order chi connectivity index (χ0) is 29.8. The third-order valence-electron chi connectivity index (χ3n) is 6.31. The van der Waals surface area contributed by atoms with E-state index < -0.39 is 33.2 Å². The summed E-state index contributed by atoms with van der Waals surface area (Å²) in [5.74, 6) is -0.732. The van der Waals surface area contributed by atoms with Crippen LogP contribution < -0.4 is 4.74 Å². The molecule has 10 heteroatoms. The lowest BCUT2D eigenvalue weighted by Crippen LogP contribution is -2.27. The summed E-state index contributed by atoms with van der Waals surface area (Å²) in [5.41, 5.74) is 3.22. The molecule has 0 radical (unpaired) electrons. The van der Waals surface area contributed by atoms with Crippen molar-refractivity contribution in [3.05, 3.63) is 89.4 Å². The van der Waals surface area contributed by atoms with E-state index in [1.807, 2.05) is 12.1 Å². The standard InChI is InChI=1S/C31H31F2NO6S/c1-5-38-29(35)16-23-9-10-25(33)17-28(23)40-19-20-13-24-11-12-39-30(24)26(14-20)21-7-6-8-22(15-21)27(18-32)34-41(36,37)31(2,3)4/h6-15,17H,5,16,18-19H2,1-4H3. The molecule has 216 valence electrons. The highest BCUT2D eigenvalue weighted by atomic mass is 32.2. The van der Waals surface area contributed by atoms with Crippen LogP contribution >= 0.6 is 0 Å². The lowest BCUT2D eigenvalue weighted by molar-refractivity contribution is -0.142. The largest absolute Gasteiger partial charge is 0.488 e. The molecule has 0 saturated carbocycles. The van der Waals surface area contributed by atoms with Crippen molar-refractivity contribution in [2.75, 3.05) is 13.3 Å². The normalized spacial score (nSPS) is 12.5. The van der Waals surface area contributed by atoms with Gasteiger partial charge in [-0.25, -0.2) is 17.2 Å². The average molecular weight is 584 g/mol. The van der Waals surface area contributed by atoms with Gasteiger partial charge in [-0.05, 0) is 69.2 Å². The predicted octanol–water partition coefficient (Wildman–Crippen LogP) is 6.81. The minimum absolute atomic E-state index is 0.0497. The van der Waals surface area contributed by atoms with Gasteiger partial charge in [-0.3, -0.25) is 4.79 Å². The minimum Gasteiger partial charge on any atom is -0.488 e. The van der Waals surface area contributed by atoms with Gasteiger partial charge in [0.2, 0.25) is 0 Å². The van der Waals surface area contributed by atoms with Crippen LogP contribution in [0.25, 0.3) is 22.1 Å². The number of sulfonamides is 1. The van der Waals surface area contributed by atoms with Gasteiger partial charge in [0, 0.05) is 28.1 Å². The van der Waals surface area contributed by atoms with Gasteiger partial charge >= 0.3 is 5.97 Å².